The van der Waals surface area contributed by atoms with Crippen molar-refractivity contribution in [1.29, 1.82) is 5.26 Å². The van der Waals surface area contributed by atoms with E-state index in [9.17, 15) is 10.1 Å². The summed E-state index contributed by atoms with van der Waals surface area (Å²) >= 11 is 6.39. The molecule has 0 radical (unpaired) electrons. The zero-order valence-corrected chi connectivity index (χ0v) is 20.2. The molecule has 0 spiro atoms. The first-order chi connectivity index (χ1) is 15.8. The molecule has 170 valence electrons. The lowest BCUT2D eigenvalue weighted by molar-refractivity contribution is -0.128. The first-order valence-electron chi connectivity index (χ1n) is 11.5. The quantitative estimate of drug-likeness (QED) is 0.521. The van der Waals surface area contributed by atoms with Crippen LogP contribution in [0.2, 0.25) is 5.02 Å². The second-order valence-corrected chi connectivity index (χ2v) is 9.75. The SMILES string of the molecule is CC(NC(=O)C(C)C1(c2ccc(C#N)cc2)CCN(C)CC1)c1cc(Cl)cc2ccccc12. The fourth-order valence-corrected chi connectivity index (χ4v) is 5.43. The summed E-state index contributed by atoms with van der Waals surface area (Å²) < 4.78 is 0. The van der Waals surface area contributed by atoms with E-state index in [4.69, 9.17) is 11.6 Å². The summed E-state index contributed by atoms with van der Waals surface area (Å²) in [6, 6.07) is 21.8. The zero-order valence-electron chi connectivity index (χ0n) is 19.4. The molecule has 4 nitrogen and oxygen atoms in total. The molecular weight excluding hydrogens is 430 g/mol. The minimum Gasteiger partial charge on any atom is -0.349 e. The highest BCUT2D eigenvalue weighted by Crippen LogP contribution is 2.42. The number of carbonyl (C=O) groups excluding carboxylic acids is 1. The summed E-state index contributed by atoms with van der Waals surface area (Å²) in [5.74, 6) is -0.174. The van der Waals surface area contributed by atoms with Crippen LogP contribution in [0, 0.1) is 17.2 Å². The largest absolute Gasteiger partial charge is 0.349 e. The maximum Gasteiger partial charge on any atom is 0.224 e. The zero-order chi connectivity index (χ0) is 23.6. The summed E-state index contributed by atoms with van der Waals surface area (Å²) in [4.78, 5) is 15.9. The van der Waals surface area contributed by atoms with Gasteiger partial charge in [-0.15, -0.1) is 0 Å². The highest BCUT2D eigenvalue weighted by Gasteiger charge is 2.43. The standard InChI is InChI=1S/C28H30ClN3O/c1-19(28(12-14-32(3)15-13-28)23-10-8-21(18-30)9-11-23)27(33)31-20(2)26-17-24(29)16-22-6-4-5-7-25(22)26/h4-11,16-17,19-20H,12-15H2,1-3H3,(H,31,33). The number of nitrogens with zero attached hydrogens (tertiary/aromatic N) is 2. The van der Waals surface area contributed by atoms with Crippen molar-refractivity contribution in [3.8, 4) is 6.07 Å². The van der Waals surface area contributed by atoms with E-state index in [1.54, 1.807) is 0 Å². The molecule has 1 fully saturated rings. The topological polar surface area (TPSA) is 56.1 Å². The molecule has 0 aromatic heterocycles. The van der Waals surface area contributed by atoms with E-state index in [0.29, 0.717) is 10.6 Å². The predicted molar refractivity (Wildman–Crippen MR) is 134 cm³/mol. The molecule has 1 amide bonds. The molecule has 2 unspecified atom stereocenters. The summed E-state index contributed by atoms with van der Waals surface area (Å²) in [5, 5.41) is 15.3. The third-order valence-electron chi connectivity index (χ3n) is 7.37. The number of nitrogens with one attached hydrogen (secondary N) is 1. The van der Waals surface area contributed by atoms with E-state index >= 15 is 0 Å². The molecule has 5 heteroatoms. The number of fused-ring (bicyclic) bond motifs is 1. The average molecular weight is 460 g/mol. The Hall–Kier alpha value is -2.87. The number of rotatable bonds is 5. The van der Waals surface area contributed by atoms with Crippen molar-refractivity contribution in [2.45, 2.75) is 38.1 Å². The van der Waals surface area contributed by atoms with E-state index in [1.165, 1.54) is 0 Å². The van der Waals surface area contributed by atoms with Crippen molar-refractivity contribution in [3.63, 3.8) is 0 Å². The van der Waals surface area contributed by atoms with Crippen LogP contribution >= 0.6 is 11.6 Å². The van der Waals surface area contributed by atoms with Crippen LogP contribution in [0.15, 0.2) is 60.7 Å². The fourth-order valence-electron chi connectivity index (χ4n) is 5.19. The molecule has 33 heavy (non-hydrogen) atoms. The Labute approximate surface area is 201 Å². The Kier molecular flexibility index (Phi) is 6.74. The van der Waals surface area contributed by atoms with Gasteiger partial charge in [0.05, 0.1) is 17.7 Å². The Morgan fingerprint density at radius 3 is 2.42 bits per heavy atom. The number of benzene rings is 3. The van der Waals surface area contributed by atoms with Crippen LogP contribution in [0.25, 0.3) is 10.8 Å². The lowest BCUT2D eigenvalue weighted by Crippen LogP contribution is -2.50. The molecule has 0 bridgehead atoms. The maximum atomic E-state index is 13.6. The number of nitriles is 1. The van der Waals surface area contributed by atoms with Gasteiger partial charge < -0.3 is 10.2 Å². The number of likely N-dealkylation sites (tertiary alicyclic amines) is 1. The van der Waals surface area contributed by atoms with Gasteiger partial charge in [-0.05, 0) is 86.1 Å². The molecule has 2 atom stereocenters. The van der Waals surface area contributed by atoms with E-state index < -0.39 is 0 Å². The van der Waals surface area contributed by atoms with Crippen LogP contribution in [0.5, 0.6) is 0 Å². The highest BCUT2D eigenvalue weighted by atomic mass is 35.5. The third-order valence-corrected chi connectivity index (χ3v) is 7.59. The number of carbonyl (C=O) groups is 1. The number of amides is 1. The monoisotopic (exact) mass is 459 g/mol. The minimum atomic E-state index is -0.263. The molecule has 1 aliphatic heterocycles. The number of hydrogen-bond donors (Lipinski definition) is 1. The van der Waals surface area contributed by atoms with Gasteiger partial charge in [0, 0.05) is 16.4 Å². The maximum absolute atomic E-state index is 13.6. The van der Waals surface area contributed by atoms with Crippen LogP contribution in [0.3, 0.4) is 0 Å². The van der Waals surface area contributed by atoms with Gasteiger partial charge in [-0.2, -0.15) is 5.26 Å². The average Bonchev–Trinajstić information content (AvgIpc) is 2.83. The first-order valence-corrected chi connectivity index (χ1v) is 11.9. The van der Waals surface area contributed by atoms with Crippen molar-refractivity contribution in [2.24, 2.45) is 5.92 Å². The van der Waals surface area contributed by atoms with Gasteiger partial charge >= 0.3 is 0 Å². The molecule has 1 heterocycles. The smallest absolute Gasteiger partial charge is 0.224 e. The summed E-state index contributed by atoms with van der Waals surface area (Å²) in [6.07, 6.45) is 1.80. The van der Waals surface area contributed by atoms with Crippen LogP contribution in [-0.4, -0.2) is 30.9 Å². The number of piperidine rings is 1. The van der Waals surface area contributed by atoms with E-state index in [0.717, 1.165) is 47.8 Å². The number of hydrogen-bond acceptors (Lipinski definition) is 3. The molecule has 3 aromatic rings. The fraction of sp³-hybridized carbons (Fsp3) is 0.357. The molecule has 3 aromatic carbocycles. The normalized spacial score (nSPS) is 17.8. The Morgan fingerprint density at radius 2 is 1.76 bits per heavy atom. The van der Waals surface area contributed by atoms with Gasteiger partial charge in [-0.1, -0.05) is 54.9 Å². The van der Waals surface area contributed by atoms with Crippen molar-refractivity contribution in [1.82, 2.24) is 10.2 Å². The van der Waals surface area contributed by atoms with Gasteiger partial charge in [-0.3, -0.25) is 4.79 Å². The minimum absolute atomic E-state index is 0.0421. The summed E-state index contributed by atoms with van der Waals surface area (Å²) in [5.41, 5.74) is 2.54. The second-order valence-electron chi connectivity index (χ2n) is 9.32. The summed E-state index contributed by atoms with van der Waals surface area (Å²) in [6.45, 7) is 5.94. The highest BCUT2D eigenvalue weighted by molar-refractivity contribution is 6.31. The van der Waals surface area contributed by atoms with Crippen molar-refractivity contribution < 1.29 is 4.79 Å². The van der Waals surface area contributed by atoms with E-state index in [-0.39, 0.29) is 23.3 Å². The van der Waals surface area contributed by atoms with Gasteiger partial charge in [0.1, 0.15) is 0 Å². The first kappa shape index (κ1) is 23.3. The van der Waals surface area contributed by atoms with Crippen LogP contribution in [-0.2, 0) is 10.2 Å². The van der Waals surface area contributed by atoms with Crippen LogP contribution < -0.4 is 5.32 Å². The van der Waals surface area contributed by atoms with Crippen molar-refractivity contribution >= 4 is 28.3 Å². The third kappa shape index (κ3) is 4.62. The molecular formula is C28H30ClN3O. The molecule has 4 rings (SSSR count). The van der Waals surface area contributed by atoms with Gasteiger partial charge in [0.25, 0.3) is 0 Å². The van der Waals surface area contributed by atoms with Crippen molar-refractivity contribution in [3.05, 3.63) is 82.4 Å². The predicted octanol–water partition coefficient (Wildman–Crippen LogP) is 5.84. The Bertz CT molecular complexity index is 1190. The molecule has 0 saturated carbocycles. The van der Waals surface area contributed by atoms with E-state index in [2.05, 4.69) is 29.4 Å². The van der Waals surface area contributed by atoms with Gasteiger partial charge in [0.15, 0.2) is 0 Å². The lowest BCUT2D eigenvalue weighted by atomic mass is 9.64. The molecule has 0 aliphatic carbocycles. The van der Waals surface area contributed by atoms with Gasteiger partial charge in [-0.25, -0.2) is 0 Å². The van der Waals surface area contributed by atoms with Crippen LogP contribution in [0.4, 0.5) is 0 Å². The van der Waals surface area contributed by atoms with Crippen LogP contribution in [0.1, 0.15) is 49.4 Å². The Morgan fingerprint density at radius 1 is 1.09 bits per heavy atom. The molecule has 1 saturated heterocycles. The summed E-state index contributed by atoms with van der Waals surface area (Å²) in [7, 11) is 2.12. The Balaban J connectivity index is 1.63. The molecule has 1 N–H and O–H groups in total. The number of halogens is 1. The second kappa shape index (κ2) is 9.55. The van der Waals surface area contributed by atoms with E-state index in [1.807, 2.05) is 68.4 Å². The van der Waals surface area contributed by atoms with Gasteiger partial charge in [0.2, 0.25) is 5.91 Å². The van der Waals surface area contributed by atoms with Crippen molar-refractivity contribution in [2.75, 3.05) is 20.1 Å². The molecule has 1 aliphatic rings. The lowest BCUT2D eigenvalue weighted by Gasteiger charge is -2.45.